The molecule has 0 saturated carbocycles. The molecule has 2 fully saturated rings. The van der Waals surface area contributed by atoms with Crippen LogP contribution in [0.1, 0.15) is 32.3 Å². The van der Waals surface area contributed by atoms with Crippen LogP contribution < -0.4 is 4.90 Å². The van der Waals surface area contributed by atoms with Crippen LogP contribution in [0, 0.1) is 11.8 Å². The molecule has 0 spiro atoms. The number of aromatic nitrogens is 2. The van der Waals surface area contributed by atoms with Gasteiger partial charge in [-0.05, 0) is 13.3 Å². The number of rotatable bonds is 9. The maximum atomic E-state index is 12.4. The number of allylic oxidation sites excluding steroid dienone is 1. The third-order valence-electron chi connectivity index (χ3n) is 6.21. The van der Waals surface area contributed by atoms with E-state index in [4.69, 9.17) is 9.47 Å². The zero-order valence-corrected chi connectivity index (χ0v) is 18.8. The average molecular weight is 452 g/mol. The van der Waals surface area contributed by atoms with Gasteiger partial charge in [0.15, 0.2) is 5.78 Å². The molecular formula is C22H33N3O7. The summed E-state index contributed by atoms with van der Waals surface area (Å²) >= 11 is 0. The lowest BCUT2D eigenvalue weighted by Crippen LogP contribution is -2.51. The molecule has 0 bridgehead atoms. The van der Waals surface area contributed by atoms with Gasteiger partial charge >= 0.3 is 0 Å². The fourth-order valence-electron chi connectivity index (χ4n) is 3.89. The summed E-state index contributed by atoms with van der Waals surface area (Å²) in [6.45, 7) is 3.80. The Morgan fingerprint density at radius 3 is 2.47 bits per heavy atom. The van der Waals surface area contributed by atoms with E-state index in [0.717, 1.165) is 6.08 Å². The summed E-state index contributed by atoms with van der Waals surface area (Å²) in [6.07, 6.45) is 0.371. The van der Waals surface area contributed by atoms with Gasteiger partial charge in [-0.15, -0.1) is 0 Å². The molecule has 0 amide bonds. The van der Waals surface area contributed by atoms with E-state index in [1.54, 1.807) is 25.9 Å². The van der Waals surface area contributed by atoms with Gasteiger partial charge in [0.2, 0.25) is 5.95 Å². The van der Waals surface area contributed by atoms with Gasteiger partial charge in [-0.3, -0.25) is 4.79 Å². The summed E-state index contributed by atoms with van der Waals surface area (Å²) in [4.78, 5) is 22.3. The molecule has 3 rings (SSSR count). The number of carbonyl (C=O) groups excluding carboxylic acids is 1. The number of ketones is 1. The molecule has 1 aromatic heterocycles. The van der Waals surface area contributed by atoms with Crippen molar-refractivity contribution in [1.82, 2.24) is 9.97 Å². The van der Waals surface area contributed by atoms with Crippen molar-refractivity contribution in [3.63, 3.8) is 0 Å². The molecule has 4 N–H and O–H groups in total. The smallest absolute Gasteiger partial charge is 0.224 e. The van der Waals surface area contributed by atoms with Crippen molar-refractivity contribution in [2.24, 2.45) is 11.8 Å². The van der Waals surface area contributed by atoms with Crippen LogP contribution in [0.15, 0.2) is 18.5 Å². The summed E-state index contributed by atoms with van der Waals surface area (Å²) in [5.41, 5.74) is 0.291. The Morgan fingerprint density at radius 2 is 1.88 bits per heavy atom. The first kappa shape index (κ1) is 24.5. The first-order chi connectivity index (χ1) is 15.1. The lowest BCUT2D eigenvalue weighted by atomic mass is 9.85. The van der Waals surface area contributed by atoms with E-state index in [0.29, 0.717) is 17.9 Å². The SMILES string of the molecule is C[C@H]([C@@H]1O[C@H]1C[C@H]1CO[C@@H](CC(=O)/C=C(\O)c2cnc(N(C)C)nc2)[C@H](O)[C@@H]1O)[C@H](C)O. The normalized spacial score (nSPS) is 32.3. The topological polar surface area (TPSA) is 149 Å². The number of carbonyl (C=O) groups is 1. The Kier molecular flexibility index (Phi) is 7.84. The van der Waals surface area contributed by atoms with Crippen molar-refractivity contribution >= 4 is 17.5 Å². The van der Waals surface area contributed by atoms with E-state index in [9.17, 15) is 25.2 Å². The summed E-state index contributed by atoms with van der Waals surface area (Å²) in [5, 5.41) is 40.9. The lowest BCUT2D eigenvalue weighted by Gasteiger charge is -2.37. The van der Waals surface area contributed by atoms with Crippen molar-refractivity contribution in [3.8, 4) is 0 Å². The molecule has 0 aromatic carbocycles. The molecule has 8 atom stereocenters. The van der Waals surface area contributed by atoms with E-state index in [1.165, 1.54) is 12.4 Å². The number of anilines is 1. The van der Waals surface area contributed by atoms with Gasteiger partial charge in [-0.2, -0.15) is 0 Å². The molecule has 1 aromatic rings. The highest BCUT2D eigenvalue weighted by Gasteiger charge is 2.48. The van der Waals surface area contributed by atoms with Crippen molar-refractivity contribution in [2.75, 3.05) is 25.6 Å². The molecule has 3 heterocycles. The molecule has 10 heteroatoms. The number of ether oxygens (including phenoxy) is 2. The van der Waals surface area contributed by atoms with E-state index >= 15 is 0 Å². The molecule has 2 aliphatic rings. The molecule has 2 saturated heterocycles. The standard InChI is InChI=1S/C22H33N3O7/c1-11(12(2)26)21-18(32-21)5-13-10-31-17(20(30)19(13)29)7-15(27)6-16(28)14-8-23-22(24-9-14)25(3)4/h6,8-9,11-13,17-21,26,28-30H,5,7,10H2,1-4H3/b16-6-/t11-,12-,13-,17-,18-,19+,20-,21-/m0/s1. The minimum absolute atomic E-state index is 0.0131. The van der Waals surface area contributed by atoms with Crippen molar-refractivity contribution in [1.29, 1.82) is 0 Å². The van der Waals surface area contributed by atoms with Gasteiger partial charge in [-0.25, -0.2) is 9.97 Å². The molecule has 178 valence electrons. The third kappa shape index (κ3) is 5.81. The van der Waals surface area contributed by atoms with Gasteiger partial charge in [0.05, 0.1) is 42.7 Å². The summed E-state index contributed by atoms with van der Waals surface area (Å²) in [7, 11) is 3.57. The Hall–Kier alpha value is -2.11. The quantitative estimate of drug-likeness (QED) is 0.235. The van der Waals surface area contributed by atoms with Crippen LogP contribution in [0.5, 0.6) is 0 Å². The first-order valence-corrected chi connectivity index (χ1v) is 10.8. The van der Waals surface area contributed by atoms with Gasteiger partial charge in [-0.1, -0.05) is 6.92 Å². The zero-order chi connectivity index (χ0) is 23.6. The van der Waals surface area contributed by atoms with Crippen molar-refractivity contribution in [3.05, 3.63) is 24.0 Å². The van der Waals surface area contributed by atoms with Crippen LogP contribution in [0.4, 0.5) is 5.95 Å². The highest BCUT2D eigenvalue weighted by atomic mass is 16.6. The molecule has 0 aliphatic carbocycles. The second-order valence-electron chi connectivity index (χ2n) is 8.95. The average Bonchev–Trinajstić information content (AvgIpc) is 3.51. The molecule has 0 unspecified atom stereocenters. The van der Waals surface area contributed by atoms with E-state index in [-0.39, 0.29) is 42.8 Å². The second-order valence-corrected chi connectivity index (χ2v) is 8.95. The van der Waals surface area contributed by atoms with Gasteiger partial charge in [0.1, 0.15) is 11.9 Å². The van der Waals surface area contributed by atoms with Crippen LogP contribution in [0.25, 0.3) is 5.76 Å². The number of aliphatic hydroxyl groups is 4. The largest absolute Gasteiger partial charge is 0.507 e. The van der Waals surface area contributed by atoms with Crippen LogP contribution in [0.2, 0.25) is 0 Å². The highest BCUT2D eigenvalue weighted by molar-refractivity contribution is 5.95. The van der Waals surface area contributed by atoms with Crippen molar-refractivity contribution in [2.45, 2.75) is 63.3 Å². The monoisotopic (exact) mass is 451 g/mol. The van der Waals surface area contributed by atoms with E-state index in [1.807, 2.05) is 6.92 Å². The Balaban J connectivity index is 1.51. The minimum atomic E-state index is -1.23. The first-order valence-electron chi connectivity index (χ1n) is 10.8. The van der Waals surface area contributed by atoms with E-state index in [2.05, 4.69) is 9.97 Å². The van der Waals surface area contributed by atoms with Crippen LogP contribution in [-0.2, 0) is 14.3 Å². The molecule has 0 radical (unpaired) electrons. The number of aliphatic hydroxyl groups excluding tert-OH is 4. The number of hydrogen-bond donors (Lipinski definition) is 4. The number of hydrogen-bond acceptors (Lipinski definition) is 10. The Labute approximate surface area is 187 Å². The Morgan fingerprint density at radius 1 is 1.22 bits per heavy atom. The predicted octanol–water partition coefficient (Wildman–Crippen LogP) is 0.312. The predicted molar refractivity (Wildman–Crippen MR) is 116 cm³/mol. The van der Waals surface area contributed by atoms with Crippen LogP contribution in [0.3, 0.4) is 0 Å². The fourth-order valence-corrected chi connectivity index (χ4v) is 3.89. The summed E-state index contributed by atoms with van der Waals surface area (Å²) < 4.78 is 11.3. The summed E-state index contributed by atoms with van der Waals surface area (Å²) in [5.74, 6) is -0.610. The Bertz CT molecular complexity index is 814. The fraction of sp³-hybridized carbons (Fsp3) is 0.682. The van der Waals surface area contributed by atoms with Crippen LogP contribution in [-0.4, -0.2) is 93.5 Å². The molecular weight excluding hydrogens is 418 g/mol. The lowest BCUT2D eigenvalue weighted by molar-refractivity contribution is -0.169. The minimum Gasteiger partial charge on any atom is -0.507 e. The molecule has 2 aliphatic heterocycles. The van der Waals surface area contributed by atoms with Crippen LogP contribution >= 0.6 is 0 Å². The second kappa shape index (κ2) is 10.2. The summed E-state index contributed by atoms with van der Waals surface area (Å²) in [6, 6.07) is 0. The molecule has 10 nitrogen and oxygen atoms in total. The number of nitrogens with zero attached hydrogens (tertiary/aromatic N) is 3. The molecule has 32 heavy (non-hydrogen) atoms. The number of epoxide rings is 1. The van der Waals surface area contributed by atoms with Gasteiger partial charge in [0, 0.05) is 50.8 Å². The van der Waals surface area contributed by atoms with Gasteiger partial charge < -0.3 is 34.8 Å². The zero-order valence-electron chi connectivity index (χ0n) is 18.8. The maximum absolute atomic E-state index is 12.4. The third-order valence-corrected chi connectivity index (χ3v) is 6.21. The van der Waals surface area contributed by atoms with Crippen molar-refractivity contribution < 1.29 is 34.7 Å². The van der Waals surface area contributed by atoms with E-state index < -0.39 is 30.2 Å². The van der Waals surface area contributed by atoms with Gasteiger partial charge in [0.25, 0.3) is 0 Å². The maximum Gasteiger partial charge on any atom is 0.224 e. The highest BCUT2D eigenvalue weighted by Crippen LogP contribution is 2.38.